The van der Waals surface area contributed by atoms with E-state index in [-0.39, 0.29) is 29.5 Å². The van der Waals surface area contributed by atoms with Gasteiger partial charge in [-0.25, -0.2) is 13.1 Å². The Hall–Kier alpha value is -2.69. The van der Waals surface area contributed by atoms with Crippen LogP contribution in [-0.2, 0) is 19.6 Å². The van der Waals surface area contributed by atoms with Gasteiger partial charge < -0.3 is 15.4 Å². The molecule has 8 nitrogen and oxygen atoms in total. The summed E-state index contributed by atoms with van der Waals surface area (Å²) in [6, 6.07) is 11.7. The lowest BCUT2D eigenvalue weighted by Gasteiger charge is -2.09. The van der Waals surface area contributed by atoms with E-state index in [1.54, 1.807) is 18.2 Å². The van der Waals surface area contributed by atoms with Gasteiger partial charge in [0.05, 0.1) is 7.11 Å². The van der Waals surface area contributed by atoms with Crippen LogP contribution in [0.15, 0.2) is 57.9 Å². The number of hydrogen-bond acceptors (Lipinski definition) is 5. The summed E-state index contributed by atoms with van der Waals surface area (Å²) in [6.45, 7) is 0.160. The van der Waals surface area contributed by atoms with Gasteiger partial charge in [-0.2, -0.15) is 0 Å². The third-order valence-electron chi connectivity index (χ3n) is 3.95. The molecule has 0 aliphatic heterocycles. The fourth-order valence-corrected chi connectivity index (χ4v) is 3.60. The highest BCUT2D eigenvalue weighted by molar-refractivity contribution is 9.10. The van der Waals surface area contributed by atoms with E-state index in [9.17, 15) is 18.0 Å². The van der Waals surface area contributed by atoms with Crippen molar-refractivity contribution in [1.29, 1.82) is 0 Å². The van der Waals surface area contributed by atoms with Crippen molar-refractivity contribution in [2.45, 2.75) is 11.3 Å². The number of ether oxygens (including phenoxy) is 1. The standard InChI is InChI=1S/C20H22BrN3O5S/c1-22-30(27,28)18-13-14(3-9-17(18)29-2)4-10-19(25)23-12-11-20(26)24-16-7-5-15(21)6-8-16/h3-10,13,22H,11-12H2,1-2H3,(H,23,25)(H,24,26)/b10-4+. The molecule has 0 saturated carbocycles. The Bertz CT molecular complexity index is 1040. The third kappa shape index (κ3) is 6.97. The summed E-state index contributed by atoms with van der Waals surface area (Å²) in [5.74, 6) is -0.429. The second-order valence-corrected chi connectivity index (χ2v) is 8.82. The lowest BCUT2D eigenvalue weighted by atomic mass is 10.2. The summed E-state index contributed by atoms with van der Waals surface area (Å²) < 4.78 is 32.4. The smallest absolute Gasteiger partial charge is 0.244 e. The average molecular weight is 496 g/mol. The molecule has 2 amide bonds. The van der Waals surface area contributed by atoms with E-state index in [0.29, 0.717) is 11.3 Å². The quantitative estimate of drug-likeness (QED) is 0.462. The first kappa shape index (κ1) is 23.6. The molecular formula is C20H22BrN3O5S. The molecule has 0 bridgehead atoms. The Morgan fingerprint density at radius 2 is 1.83 bits per heavy atom. The molecule has 2 aromatic rings. The van der Waals surface area contributed by atoms with Gasteiger partial charge in [0, 0.05) is 29.2 Å². The molecule has 160 valence electrons. The van der Waals surface area contributed by atoms with Crippen LogP contribution in [0.4, 0.5) is 5.69 Å². The first-order valence-corrected chi connectivity index (χ1v) is 11.2. The van der Waals surface area contributed by atoms with Crippen molar-refractivity contribution in [2.75, 3.05) is 26.0 Å². The highest BCUT2D eigenvalue weighted by atomic mass is 79.9. The van der Waals surface area contributed by atoms with E-state index in [4.69, 9.17) is 4.74 Å². The van der Waals surface area contributed by atoms with Crippen molar-refractivity contribution in [3.63, 3.8) is 0 Å². The maximum Gasteiger partial charge on any atom is 0.244 e. The zero-order valence-electron chi connectivity index (χ0n) is 16.4. The third-order valence-corrected chi connectivity index (χ3v) is 5.92. The molecule has 10 heteroatoms. The molecule has 0 atom stereocenters. The Morgan fingerprint density at radius 3 is 2.47 bits per heavy atom. The number of carbonyl (C=O) groups is 2. The second kappa shape index (κ2) is 10.9. The van der Waals surface area contributed by atoms with Crippen LogP contribution in [0.2, 0.25) is 0 Å². The van der Waals surface area contributed by atoms with Crippen LogP contribution in [0.3, 0.4) is 0 Å². The summed E-state index contributed by atoms with van der Waals surface area (Å²) in [7, 11) is -1.03. The monoisotopic (exact) mass is 495 g/mol. The molecule has 2 aromatic carbocycles. The minimum Gasteiger partial charge on any atom is -0.495 e. The van der Waals surface area contributed by atoms with Gasteiger partial charge >= 0.3 is 0 Å². The fraction of sp³-hybridized carbons (Fsp3) is 0.200. The van der Waals surface area contributed by atoms with E-state index < -0.39 is 15.9 Å². The molecule has 0 fully saturated rings. The van der Waals surface area contributed by atoms with Crippen LogP contribution < -0.4 is 20.1 Å². The first-order chi connectivity index (χ1) is 14.2. The summed E-state index contributed by atoms with van der Waals surface area (Å²) in [5.41, 5.74) is 1.18. The van der Waals surface area contributed by atoms with Crippen LogP contribution in [0.5, 0.6) is 5.75 Å². The molecule has 0 unspecified atom stereocenters. The van der Waals surface area contributed by atoms with Crippen molar-refractivity contribution in [3.05, 3.63) is 58.6 Å². The van der Waals surface area contributed by atoms with Gasteiger partial charge in [0.25, 0.3) is 0 Å². The van der Waals surface area contributed by atoms with Crippen LogP contribution in [0, 0.1) is 0 Å². The van der Waals surface area contributed by atoms with Gasteiger partial charge in [0.2, 0.25) is 21.8 Å². The van der Waals surface area contributed by atoms with Crippen molar-refractivity contribution >= 4 is 49.5 Å². The normalized spacial score (nSPS) is 11.3. The van der Waals surface area contributed by atoms with Crippen molar-refractivity contribution in [3.8, 4) is 5.75 Å². The average Bonchev–Trinajstić information content (AvgIpc) is 2.73. The summed E-state index contributed by atoms with van der Waals surface area (Å²) in [5, 5.41) is 5.34. The summed E-state index contributed by atoms with van der Waals surface area (Å²) >= 11 is 3.32. The molecule has 3 N–H and O–H groups in total. The molecule has 0 radical (unpaired) electrons. The molecule has 0 aromatic heterocycles. The predicted molar refractivity (Wildman–Crippen MR) is 119 cm³/mol. The van der Waals surface area contributed by atoms with Gasteiger partial charge in [-0.15, -0.1) is 0 Å². The van der Waals surface area contributed by atoms with Gasteiger partial charge in [0.1, 0.15) is 10.6 Å². The Labute approximate surface area is 183 Å². The highest BCUT2D eigenvalue weighted by Gasteiger charge is 2.17. The number of rotatable bonds is 9. The first-order valence-electron chi connectivity index (χ1n) is 8.88. The van der Waals surface area contributed by atoms with Crippen molar-refractivity contribution in [2.24, 2.45) is 0 Å². The van der Waals surface area contributed by atoms with Gasteiger partial charge in [-0.05, 0) is 55.1 Å². The topological polar surface area (TPSA) is 114 Å². The number of hydrogen-bond donors (Lipinski definition) is 3. The molecule has 0 aliphatic carbocycles. The number of anilines is 1. The van der Waals surface area contributed by atoms with Gasteiger partial charge in [-0.1, -0.05) is 22.0 Å². The fourth-order valence-electron chi connectivity index (χ4n) is 2.40. The van der Waals surface area contributed by atoms with Crippen molar-refractivity contribution in [1.82, 2.24) is 10.0 Å². The second-order valence-electron chi connectivity index (χ2n) is 6.05. The number of amides is 2. The Morgan fingerprint density at radius 1 is 1.13 bits per heavy atom. The maximum absolute atomic E-state index is 12.1. The maximum atomic E-state index is 12.1. The summed E-state index contributed by atoms with van der Waals surface area (Å²) in [4.78, 5) is 23.8. The minimum absolute atomic E-state index is 0.0281. The number of benzene rings is 2. The number of halogens is 1. The predicted octanol–water partition coefficient (Wildman–Crippen LogP) is 2.52. The molecule has 30 heavy (non-hydrogen) atoms. The van der Waals surface area contributed by atoms with E-state index in [1.165, 1.54) is 38.4 Å². The van der Waals surface area contributed by atoms with Crippen LogP contribution >= 0.6 is 15.9 Å². The zero-order chi connectivity index (χ0) is 22.1. The summed E-state index contributed by atoms with van der Waals surface area (Å²) in [6.07, 6.45) is 2.86. The number of sulfonamides is 1. The molecule has 0 saturated heterocycles. The molecule has 2 rings (SSSR count). The zero-order valence-corrected chi connectivity index (χ0v) is 18.8. The van der Waals surface area contributed by atoms with Crippen LogP contribution in [-0.4, -0.2) is 40.9 Å². The molecular weight excluding hydrogens is 474 g/mol. The Kier molecular flexibility index (Phi) is 8.58. The molecule has 0 heterocycles. The largest absolute Gasteiger partial charge is 0.495 e. The Balaban J connectivity index is 1.89. The SMILES string of the molecule is CNS(=O)(=O)c1cc(/C=C/C(=O)NCCC(=O)Nc2ccc(Br)cc2)ccc1OC. The van der Waals surface area contributed by atoms with Gasteiger partial charge in [0.15, 0.2) is 0 Å². The van der Waals surface area contributed by atoms with E-state index >= 15 is 0 Å². The number of methoxy groups -OCH3 is 1. The minimum atomic E-state index is -3.71. The highest BCUT2D eigenvalue weighted by Crippen LogP contribution is 2.25. The lowest BCUT2D eigenvalue weighted by Crippen LogP contribution is -2.26. The van der Waals surface area contributed by atoms with E-state index in [0.717, 1.165) is 4.47 Å². The number of carbonyl (C=O) groups excluding carboxylic acids is 2. The van der Waals surface area contributed by atoms with Crippen LogP contribution in [0.1, 0.15) is 12.0 Å². The van der Waals surface area contributed by atoms with Gasteiger partial charge in [-0.3, -0.25) is 9.59 Å². The van der Waals surface area contributed by atoms with Crippen LogP contribution in [0.25, 0.3) is 6.08 Å². The molecule has 0 aliphatic rings. The van der Waals surface area contributed by atoms with E-state index in [2.05, 4.69) is 31.3 Å². The number of nitrogens with one attached hydrogen (secondary N) is 3. The van der Waals surface area contributed by atoms with E-state index in [1.807, 2.05) is 12.1 Å². The van der Waals surface area contributed by atoms with Crippen molar-refractivity contribution < 1.29 is 22.7 Å². The molecule has 0 spiro atoms. The lowest BCUT2D eigenvalue weighted by molar-refractivity contribution is -0.117.